The third kappa shape index (κ3) is 5.48. The lowest BCUT2D eigenvalue weighted by molar-refractivity contribution is 0.0315. The minimum absolute atomic E-state index is 0.0415. The van der Waals surface area contributed by atoms with Crippen molar-refractivity contribution in [2.75, 3.05) is 51.6 Å². The molecule has 0 atom stereocenters. The number of H-pyrrole nitrogens is 1. The first-order chi connectivity index (χ1) is 18.2. The molecule has 0 radical (unpaired) electrons. The van der Waals surface area contributed by atoms with Gasteiger partial charge in [-0.15, -0.1) is 5.10 Å². The van der Waals surface area contributed by atoms with Crippen LogP contribution in [0.4, 0.5) is 24.8 Å². The Hall–Kier alpha value is -3.97. The smallest absolute Gasteiger partial charge is 0.333 e. The molecule has 0 unspecified atom stereocenters. The Kier molecular flexibility index (Phi) is 7.04. The molecular formula is C25H28F3N9O. The molecule has 1 fully saturated rings. The van der Waals surface area contributed by atoms with Crippen LogP contribution in [0.25, 0.3) is 5.52 Å². The summed E-state index contributed by atoms with van der Waals surface area (Å²) in [6, 6.07) is 7.10. The molecule has 10 nitrogen and oxygen atoms in total. The lowest BCUT2D eigenvalue weighted by atomic mass is 10.1. The summed E-state index contributed by atoms with van der Waals surface area (Å²) in [5.41, 5.74) is 0.855. The maximum absolute atomic E-state index is 15.4. The lowest BCUT2D eigenvalue weighted by Crippen LogP contribution is -2.46. The van der Waals surface area contributed by atoms with Crippen LogP contribution in [0, 0.1) is 12.7 Å². The van der Waals surface area contributed by atoms with Crippen LogP contribution in [0.1, 0.15) is 27.4 Å². The summed E-state index contributed by atoms with van der Waals surface area (Å²) in [5.74, 6) is -5.03. The molecule has 13 heteroatoms. The second-order valence-corrected chi connectivity index (χ2v) is 9.39. The molecule has 200 valence electrons. The van der Waals surface area contributed by atoms with Crippen molar-refractivity contribution < 1.29 is 18.0 Å². The number of anilines is 2. The highest BCUT2D eigenvalue weighted by Crippen LogP contribution is 2.35. The fraction of sp³-hybridized carbons (Fsp3) is 0.360. The van der Waals surface area contributed by atoms with Gasteiger partial charge in [0.15, 0.2) is 11.6 Å². The molecule has 0 bridgehead atoms. The van der Waals surface area contributed by atoms with Crippen LogP contribution in [-0.2, 0) is 5.92 Å². The molecule has 0 spiro atoms. The monoisotopic (exact) mass is 527 g/mol. The van der Waals surface area contributed by atoms with E-state index in [2.05, 4.69) is 47.8 Å². The zero-order valence-corrected chi connectivity index (χ0v) is 21.0. The van der Waals surface area contributed by atoms with E-state index in [0.29, 0.717) is 24.4 Å². The van der Waals surface area contributed by atoms with Gasteiger partial charge in [0.1, 0.15) is 11.3 Å². The quantitative estimate of drug-likeness (QED) is 0.324. The minimum Gasteiger partial charge on any atom is -0.351 e. The molecule has 4 heterocycles. The highest BCUT2D eigenvalue weighted by Gasteiger charge is 2.39. The van der Waals surface area contributed by atoms with Crippen LogP contribution in [0.15, 0.2) is 42.6 Å². The van der Waals surface area contributed by atoms with E-state index >= 15 is 8.78 Å². The molecule has 0 saturated carbocycles. The molecule has 1 aliphatic rings. The Labute approximate surface area is 216 Å². The van der Waals surface area contributed by atoms with Crippen LogP contribution in [0.2, 0.25) is 0 Å². The molecule has 38 heavy (non-hydrogen) atoms. The number of likely N-dealkylation sites (N-methyl/N-ethyl adjacent to an activating group) is 1. The Balaban J connectivity index is 1.42. The number of aromatic amines is 1. The fourth-order valence-electron chi connectivity index (χ4n) is 4.24. The molecular weight excluding hydrogens is 499 g/mol. The Morgan fingerprint density at radius 3 is 2.55 bits per heavy atom. The zero-order valence-electron chi connectivity index (χ0n) is 21.0. The lowest BCUT2D eigenvalue weighted by Gasteiger charge is -2.32. The number of rotatable bonds is 8. The van der Waals surface area contributed by atoms with E-state index in [1.807, 2.05) is 0 Å². The maximum Gasteiger partial charge on any atom is 0.333 e. The number of hydrogen-bond acceptors (Lipinski definition) is 7. The summed E-state index contributed by atoms with van der Waals surface area (Å²) in [7, 11) is 2.08. The second-order valence-electron chi connectivity index (χ2n) is 9.39. The van der Waals surface area contributed by atoms with Gasteiger partial charge < -0.3 is 15.5 Å². The van der Waals surface area contributed by atoms with Gasteiger partial charge in [-0.2, -0.15) is 13.9 Å². The second kappa shape index (κ2) is 10.4. The molecule has 1 saturated heterocycles. The number of nitrogens with zero attached hydrogens (tertiary/aromatic N) is 6. The van der Waals surface area contributed by atoms with Gasteiger partial charge in [0.05, 0.1) is 5.56 Å². The van der Waals surface area contributed by atoms with Gasteiger partial charge in [-0.25, -0.2) is 13.9 Å². The summed E-state index contributed by atoms with van der Waals surface area (Å²) in [5, 5.41) is 16.7. The maximum atomic E-state index is 15.4. The average Bonchev–Trinajstić information content (AvgIpc) is 3.51. The van der Waals surface area contributed by atoms with E-state index < -0.39 is 23.1 Å². The minimum atomic E-state index is -3.63. The van der Waals surface area contributed by atoms with E-state index in [1.54, 1.807) is 13.0 Å². The standard InChI is InChI=1S/C25H28F3N9O/c1-16-13-21(33-32-16)30-22-20-14-17(23(38)29-7-8-36-11-9-35(2)10-12-36)15-37(20)34-24(31-22)25(27,28)18-3-5-19(26)6-4-18/h3-6,13-15H,7-12H2,1-2H3,(H,29,38)(H2,30,31,32,33,34). The van der Waals surface area contributed by atoms with Crippen LogP contribution in [-0.4, -0.2) is 86.8 Å². The Bertz CT molecular complexity index is 1430. The summed E-state index contributed by atoms with van der Waals surface area (Å²) in [6.45, 7) is 6.79. The van der Waals surface area contributed by atoms with Gasteiger partial charge in [0.25, 0.3) is 5.91 Å². The number of aromatic nitrogens is 5. The zero-order chi connectivity index (χ0) is 26.9. The van der Waals surface area contributed by atoms with Gasteiger partial charge >= 0.3 is 5.92 Å². The number of nitrogens with one attached hydrogen (secondary N) is 3. The van der Waals surface area contributed by atoms with Crippen LogP contribution < -0.4 is 10.6 Å². The summed E-state index contributed by atoms with van der Waals surface area (Å²) in [6.07, 6.45) is 1.38. The number of carbonyl (C=O) groups is 1. The van der Waals surface area contributed by atoms with Gasteiger partial charge in [0, 0.05) is 62.8 Å². The average molecular weight is 528 g/mol. The number of halogens is 3. The van der Waals surface area contributed by atoms with E-state index in [0.717, 1.165) is 56.1 Å². The predicted octanol–water partition coefficient (Wildman–Crippen LogP) is 2.76. The number of hydrogen-bond donors (Lipinski definition) is 3. The first-order valence-electron chi connectivity index (χ1n) is 12.2. The van der Waals surface area contributed by atoms with Crippen molar-refractivity contribution >= 4 is 23.1 Å². The molecule has 0 aliphatic carbocycles. The molecule has 1 amide bonds. The third-order valence-corrected chi connectivity index (χ3v) is 6.47. The summed E-state index contributed by atoms with van der Waals surface area (Å²) >= 11 is 0. The van der Waals surface area contributed by atoms with Crippen molar-refractivity contribution in [1.82, 2.24) is 39.9 Å². The van der Waals surface area contributed by atoms with Crippen molar-refractivity contribution in [1.29, 1.82) is 0 Å². The van der Waals surface area contributed by atoms with Gasteiger partial charge in [-0.05, 0) is 44.3 Å². The van der Waals surface area contributed by atoms with Crippen molar-refractivity contribution in [3.8, 4) is 0 Å². The van der Waals surface area contributed by atoms with Crippen molar-refractivity contribution in [3.63, 3.8) is 0 Å². The van der Waals surface area contributed by atoms with Crippen molar-refractivity contribution in [3.05, 3.63) is 71.1 Å². The first-order valence-corrected chi connectivity index (χ1v) is 12.2. The molecule has 3 aromatic heterocycles. The highest BCUT2D eigenvalue weighted by molar-refractivity contribution is 5.96. The van der Waals surface area contributed by atoms with Gasteiger partial charge in [0.2, 0.25) is 5.82 Å². The highest BCUT2D eigenvalue weighted by atomic mass is 19.3. The largest absolute Gasteiger partial charge is 0.351 e. The Morgan fingerprint density at radius 1 is 1.13 bits per heavy atom. The molecule has 1 aliphatic heterocycles. The van der Waals surface area contributed by atoms with Crippen molar-refractivity contribution in [2.24, 2.45) is 0 Å². The predicted molar refractivity (Wildman–Crippen MR) is 135 cm³/mol. The number of alkyl halides is 2. The number of fused-ring (bicyclic) bond motifs is 1. The van der Waals surface area contributed by atoms with Crippen molar-refractivity contribution in [2.45, 2.75) is 12.8 Å². The summed E-state index contributed by atoms with van der Waals surface area (Å²) < 4.78 is 45.3. The van der Waals surface area contributed by atoms with E-state index in [4.69, 9.17) is 0 Å². The first kappa shape index (κ1) is 25.7. The number of aryl methyl sites for hydroxylation is 1. The third-order valence-electron chi connectivity index (χ3n) is 6.47. The normalized spacial score (nSPS) is 15.2. The van der Waals surface area contributed by atoms with Crippen LogP contribution in [0.5, 0.6) is 0 Å². The fourth-order valence-corrected chi connectivity index (χ4v) is 4.24. The van der Waals surface area contributed by atoms with E-state index in [1.165, 1.54) is 16.8 Å². The number of piperazine rings is 1. The summed E-state index contributed by atoms with van der Waals surface area (Å²) in [4.78, 5) is 21.5. The molecule has 3 N–H and O–H groups in total. The molecule has 4 aromatic rings. The van der Waals surface area contributed by atoms with Crippen LogP contribution >= 0.6 is 0 Å². The van der Waals surface area contributed by atoms with E-state index in [9.17, 15) is 9.18 Å². The van der Waals surface area contributed by atoms with Crippen LogP contribution in [0.3, 0.4) is 0 Å². The molecule has 5 rings (SSSR count). The number of benzene rings is 1. The van der Waals surface area contributed by atoms with E-state index in [-0.39, 0.29) is 17.3 Å². The topological polar surface area (TPSA) is 106 Å². The SMILES string of the molecule is Cc1cc(Nc2nc(C(F)(F)c3ccc(F)cc3)nn3cc(C(=O)NCCN4CCN(C)CC4)cc23)n[nH]1. The molecule has 1 aromatic carbocycles. The van der Waals surface area contributed by atoms with Gasteiger partial charge in [-0.3, -0.25) is 14.8 Å². The van der Waals surface area contributed by atoms with Gasteiger partial charge in [-0.1, -0.05) is 0 Å². The number of amides is 1. The number of carbonyl (C=O) groups excluding carboxylic acids is 1. The Morgan fingerprint density at radius 2 is 1.87 bits per heavy atom.